The molecule has 0 unspecified atom stereocenters. The highest BCUT2D eigenvalue weighted by atomic mass is 79.9. The third-order valence-electron chi connectivity index (χ3n) is 1.90. The Hall–Kier alpha value is -0.900. The van der Waals surface area contributed by atoms with Gasteiger partial charge in [-0.2, -0.15) is 0 Å². The topological polar surface area (TPSA) is 39.2 Å². The molecule has 0 spiro atoms. The van der Waals surface area contributed by atoms with Gasteiger partial charge in [0, 0.05) is 12.1 Å². The summed E-state index contributed by atoms with van der Waals surface area (Å²) < 4.78 is 6.16. The maximum atomic E-state index is 11.4. The fourth-order valence-corrected chi connectivity index (χ4v) is 1.95. The van der Waals surface area contributed by atoms with E-state index in [1.807, 2.05) is 13.0 Å². The van der Waals surface area contributed by atoms with Crippen LogP contribution in [0.4, 0.5) is 0 Å². The Balaban J connectivity index is 2.63. The molecule has 0 bridgehead atoms. The number of aromatic nitrogens is 1. The van der Waals surface area contributed by atoms with Gasteiger partial charge >= 0.3 is 0 Å². The van der Waals surface area contributed by atoms with Crippen molar-refractivity contribution in [2.45, 2.75) is 13.3 Å². The fourth-order valence-electron chi connectivity index (χ4n) is 1.31. The summed E-state index contributed by atoms with van der Waals surface area (Å²) in [6.45, 7) is 2.31. The van der Waals surface area contributed by atoms with E-state index in [0.29, 0.717) is 24.5 Å². The average Bonchev–Trinajstić information content (AvgIpc) is 2.07. The summed E-state index contributed by atoms with van der Waals surface area (Å²) in [7, 11) is 0. The first-order valence-corrected chi connectivity index (χ1v) is 4.81. The minimum absolute atomic E-state index is 0.0608. The maximum Gasteiger partial charge on any atom is 0.188 e. The Morgan fingerprint density at radius 2 is 2.38 bits per heavy atom. The summed E-state index contributed by atoms with van der Waals surface area (Å²) in [4.78, 5) is 15.6. The zero-order valence-corrected chi connectivity index (χ0v) is 8.72. The Labute approximate surface area is 84.2 Å². The normalized spacial score (nSPS) is 15.1. The molecule has 2 heterocycles. The van der Waals surface area contributed by atoms with Crippen molar-refractivity contribution in [3.8, 4) is 5.75 Å². The Morgan fingerprint density at radius 3 is 3.15 bits per heavy atom. The van der Waals surface area contributed by atoms with E-state index in [9.17, 15) is 4.79 Å². The minimum atomic E-state index is 0.0608. The summed E-state index contributed by atoms with van der Waals surface area (Å²) in [5.74, 6) is 0.646. The van der Waals surface area contributed by atoms with Gasteiger partial charge in [0.15, 0.2) is 11.5 Å². The number of ketones is 1. The quantitative estimate of drug-likeness (QED) is 0.699. The van der Waals surface area contributed by atoms with Gasteiger partial charge in [-0.05, 0) is 28.9 Å². The third kappa shape index (κ3) is 1.46. The second-order valence-electron chi connectivity index (χ2n) is 2.94. The van der Waals surface area contributed by atoms with Gasteiger partial charge < -0.3 is 4.74 Å². The van der Waals surface area contributed by atoms with Crippen molar-refractivity contribution in [1.29, 1.82) is 0 Å². The van der Waals surface area contributed by atoms with E-state index in [1.165, 1.54) is 0 Å². The van der Waals surface area contributed by atoms with Crippen LogP contribution in [-0.4, -0.2) is 17.4 Å². The first-order valence-electron chi connectivity index (χ1n) is 4.01. The molecule has 1 aromatic heterocycles. The molecule has 1 aliphatic rings. The lowest BCUT2D eigenvalue weighted by Crippen LogP contribution is -2.17. The summed E-state index contributed by atoms with van der Waals surface area (Å²) in [5.41, 5.74) is 1.28. The number of rotatable bonds is 0. The molecule has 0 radical (unpaired) electrons. The molecule has 3 nitrogen and oxygen atoms in total. The van der Waals surface area contributed by atoms with Crippen molar-refractivity contribution >= 4 is 21.7 Å². The molecule has 13 heavy (non-hydrogen) atoms. The van der Waals surface area contributed by atoms with Crippen molar-refractivity contribution in [2.75, 3.05) is 6.61 Å². The van der Waals surface area contributed by atoms with Crippen molar-refractivity contribution in [2.24, 2.45) is 0 Å². The largest absolute Gasteiger partial charge is 0.490 e. The van der Waals surface area contributed by atoms with Gasteiger partial charge in [0.1, 0.15) is 5.69 Å². The number of ether oxygens (including phenoxy) is 1. The smallest absolute Gasteiger partial charge is 0.188 e. The molecule has 0 saturated heterocycles. The van der Waals surface area contributed by atoms with Gasteiger partial charge in [0.25, 0.3) is 0 Å². The monoisotopic (exact) mass is 241 g/mol. The van der Waals surface area contributed by atoms with Crippen molar-refractivity contribution in [3.05, 3.63) is 21.9 Å². The van der Waals surface area contributed by atoms with E-state index in [4.69, 9.17) is 4.74 Å². The Kier molecular flexibility index (Phi) is 2.07. The first-order chi connectivity index (χ1) is 6.18. The third-order valence-corrected chi connectivity index (χ3v) is 2.48. The van der Waals surface area contributed by atoms with Crippen LogP contribution in [0.5, 0.6) is 5.75 Å². The van der Waals surface area contributed by atoms with Crippen molar-refractivity contribution in [3.63, 3.8) is 0 Å². The van der Waals surface area contributed by atoms with E-state index < -0.39 is 0 Å². The summed E-state index contributed by atoms with van der Waals surface area (Å²) >= 11 is 3.34. The van der Waals surface area contributed by atoms with Gasteiger partial charge in [-0.3, -0.25) is 4.79 Å². The van der Waals surface area contributed by atoms with Crippen LogP contribution in [0, 0.1) is 6.92 Å². The van der Waals surface area contributed by atoms with Gasteiger partial charge in [0.05, 0.1) is 11.1 Å². The molecule has 0 fully saturated rings. The molecule has 68 valence electrons. The molecule has 0 aliphatic carbocycles. The number of fused-ring (bicyclic) bond motifs is 1. The van der Waals surface area contributed by atoms with E-state index in [1.54, 1.807) is 0 Å². The van der Waals surface area contributed by atoms with Gasteiger partial charge in [-0.1, -0.05) is 0 Å². The molecule has 1 aliphatic heterocycles. The van der Waals surface area contributed by atoms with E-state index in [0.717, 1.165) is 10.2 Å². The van der Waals surface area contributed by atoms with E-state index in [2.05, 4.69) is 20.9 Å². The number of nitrogens with zero attached hydrogens (tertiary/aromatic N) is 1. The van der Waals surface area contributed by atoms with Crippen LogP contribution >= 0.6 is 15.9 Å². The lowest BCUT2D eigenvalue weighted by molar-refractivity contribution is 0.0925. The number of hydrogen-bond acceptors (Lipinski definition) is 3. The number of aryl methyl sites for hydroxylation is 1. The average molecular weight is 242 g/mol. The predicted molar refractivity (Wildman–Crippen MR) is 51.1 cm³/mol. The second kappa shape index (κ2) is 3.10. The number of carbonyl (C=O) groups excluding carboxylic acids is 1. The highest BCUT2D eigenvalue weighted by molar-refractivity contribution is 9.10. The molecule has 0 saturated carbocycles. The van der Waals surface area contributed by atoms with Gasteiger partial charge in [-0.25, -0.2) is 4.98 Å². The molecule has 1 aromatic rings. The van der Waals surface area contributed by atoms with Crippen LogP contribution < -0.4 is 4.74 Å². The fraction of sp³-hybridized carbons (Fsp3) is 0.333. The van der Waals surface area contributed by atoms with E-state index >= 15 is 0 Å². The summed E-state index contributed by atoms with van der Waals surface area (Å²) in [5, 5.41) is 0. The zero-order chi connectivity index (χ0) is 9.42. The number of Topliss-reactive ketones (excluding diaryl/α,β-unsaturated/α-hetero) is 1. The predicted octanol–water partition coefficient (Wildman–Crippen LogP) is 2.12. The number of halogens is 1. The zero-order valence-electron chi connectivity index (χ0n) is 7.13. The van der Waals surface area contributed by atoms with Crippen LogP contribution in [0.25, 0.3) is 0 Å². The Bertz CT molecular complexity index is 376. The molecule has 4 heteroatoms. The molecular formula is C9H8BrNO2. The van der Waals surface area contributed by atoms with Crippen LogP contribution in [0.2, 0.25) is 0 Å². The van der Waals surface area contributed by atoms with Crippen LogP contribution in [-0.2, 0) is 0 Å². The molecule has 0 amide bonds. The maximum absolute atomic E-state index is 11.4. The molecule has 0 N–H and O–H groups in total. The number of carbonyl (C=O) groups is 1. The number of pyridine rings is 1. The van der Waals surface area contributed by atoms with Crippen LogP contribution in [0.1, 0.15) is 22.6 Å². The SMILES string of the molecule is Cc1cc(Br)c2c(n1)C(=O)CCO2. The lowest BCUT2D eigenvalue weighted by Gasteiger charge is -2.16. The summed E-state index contributed by atoms with van der Waals surface area (Å²) in [6.07, 6.45) is 0.426. The van der Waals surface area contributed by atoms with Gasteiger partial charge in [0.2, 0.25) is 0 Å². The van der Waals surface area contributed by atoms with Crippen LogP contribution in [0.3, 0.4) is 0 Å². The highest BCUT2D eigenvalue weighted by Gasteiger charge is 2.22. The molecular weight excluding hydrogens is 234 g/mol. The molecule has 2 rings (SSSR count). The van der Waals surface area contributed by atoms with Crippen LogP contribution in [0.15, 0.2) is 10.5 Å². The number of hydrogen-bond donors (Lipinski definition) is 0. The summed E-state index contributed by atoms with van der Waals surface area (Å²) in [6, 6.07) is 1.84. The molecule has 0 aromatic carbocycles. The Morgan fingerprint density at radius 1 is 1.62 bits per heavy atom. The first kappa shape index (κ1) is 8.69. The van der Waals surface area contributed by atoms with Crippen molar-refractivity contribution in [1.82, 2.24) is 4.98 Å². The van der Waals surface area contributed by atoms with Gasteiger partial charge in [-0.15, -0.1) is 0 Å². The molecule has 0 atom stereocenters. The van der Waals surface area contributed by atoms with E-state index in [-0.39, 0.29) is 5.78 Å². The van der Waals surface area contributed by atoms with Crippen molar-refractivity contribution < 1.29 is 9.53 Å². The second-order valence-corrected chi connectivity index (χ2v) is 3.80. The standard InChI is InChI=1S/C9H8BrNO2/c1-5-4-6(10)9-8(11-5)7(12)2-3-13-9/h4H,2-3H2,1H3. The minimum Gasteiger partial charge on any atom is -0.490 e. The highest BCUT2D eigenvalue weighted by Crippen LogP contribution is 2.31. The lowest BCUT2D eigenvalue weighted by atomic mass is 10.1.